The van der Waals surface area contributed by atoms with Crippen LogP contribution in [0, 0.1) is 5.92 Å². The molecule has 1 aromatic carbocycles. The van der Waals surface area contributed by atoms with Gasteiger partial charge in [-0.3, -0.25) is 14.6 Å². The van der Waals surface area contributed by atoms with E-state index in [1.54, 1.807) is 24.5 Å². The van der Waals surface area contributed by atoms with Crippen LogP contribution in [0.25, 0.3) is 0 Å². The van der Waals surface area contributed by atoms with Crippen LogP contribution in [0.5, 0.6) is 5.75 Å². The monoisotopic (exact) mass is 353 g/mol. The quantitative estimate of drug-likeness (QED) is 0.864. The Balaban J connectivity index is 1.36. The number of piperidine rings is 1. The number of para-hydroxylation sites is 1. The van der Waals surface area contributed by atoms with Crippen molar-refractivity contribution >= 4 is 11.8 Å². The van der Waals surface area contributed by atoms with Gasteiger partial charge in [0.1, 0.15) is 5.75 Å². The molecule has 0 radical (unpaired) electrons. The van der Waals surface area contributed by atoms with Crippen LogP contribution in [-0.2, 0) is 4.79 Å². The van der Waals surface area contributed by atoms with Crippen LogP contribution in [0.2, 0.25) is 0 Å². The van der Waals surface area contributed by atoms with E-state index in [9.17, 15) is 9.59 Å². The van der Waals surface area contributed by atoms with Crippen molar-refractivity contribution in [1.82, 2.24) is 15.2 Å². The normalized spacial score (nSPS) is 14.7. The number of rotatable bonds is 6. The molecule has 26 heavy (non-hydrogen) atoms. The molecule has 6 heteroatoms. The van der Waals surface area contributed by atoms with Gasteiger partial charge in [-0.1, -0.05) is 18.2 Å². The van der Waals surface area contributed by atoms with Crippen LogP contribution in [-0.4, -0.2) is 47.9 Å². The van der Waals surface area contributed by atoms with Crippen molar-refractivity contribution in [2.45, 2.75) is 12.8 Å². The molecule has 0 unspecified atom stereocenters. The summed E-state index contributed by atoms with van der Waals surface area (Å²) in [5.41, 5.74) is 0.623. The van der Waals surface area contributed by atoms with Crippen LogP contribution in [0.4, 0.5) is 0 Å². The topological polar surface area (TPSA) is 71.5 Å². The van der Waals surface area contributed by atoms with Gasteiger partial charge < -0.3 is 15.0 Å². The first kappa shape index (κ1) is 17.9. The lowest BCUT2D eigenvalue weighted by atomic mass is 9.96. The van der Waals surface area contributed by atoms with Crippen molar-refractivity contribution in [2.75, 3.05) is 26.2 Å². The van der Waals surface area contributed by atoms with Crippen LogP contribution >= 0.6 is 0 Å². The van der Waals surface area contributed by atoms with Gasteiger partial charge in [-0.2, -0.15) is 0 Å². The van der Waals surface area contributed by atoms with Crippen molar-refractivity contribution in [1.29, 1.82) is 0 Å². The molecule has 0 atom stereocenters. The predicted molar refractivity (Wildman–Crippen MR) is 97.8 cm³/mol. The molecule has 2 heterocycles. The molecule has 1 saturated heterocycles. The molecular formula is C20H23N3O3. The van der Waals surface area contributed by atoms with Crippen molar-refractivity contribution in [2.24, 2.45) is 5.92 Å². The van der Waals surface area contributed by atoms with Crippen LogP contribution in [0.1, 0.15) is 23.2 Å². The molecule has 0 saturated carbocycles. The highest BCUT2D eigenvalue weighted by molar-refractivity contribution is 5.93. The molecule has 0 aliphatic carbocycles. The number of pyridine rings is 1. The van der Waals surface area contributed by atoms with Gasteiger partial charge in [0, 0.05) is 32.0 Å². The Bertz CT molecular complexity index is 714. The molecule has 1 fully saturated rings. The first-order chi connectivity index (χ1) is 12.7. The fraction of sp³-hybridized carbons (Fsp3) is 0.350. The summed E-state index contributed by atoms with van der Waals surface area (Å²) in [6, 6.07) is 12.8. The molecule has 0 bridgehead atoms. The van der Waals surface area contributed by atoms with E-state index in [1.165, 1.54) is 0 Å². The Kier molecular flexibility index (Phi) is 6.19. The van der Waals surface area contributed by atoms with E-state index in [0.717, 1.165) is 12.8 Å². The third-order valence-electron chi connectivity index (χ3n) is 4.51. The first-order valence-electron chi connectivity index (χ1n) is 8.86. The van der Waals surface area contributed by atoms with Crippen molar-refractivity contribution in [3.05, 3.63) is 60.4 Å². The molecule has 1 aliphatic rings. The number of carbonyl (C=O) groups is 2. The zero-order chi connectivity index (χ0) is 18.2. The molecule has 1 aliphatic heterocycles. The summed E-state index contributed by atoms with van der Waals surface area (Å²) in [5, 5.41) is 2.92. The second-order valence-corrected chi connectivity index (χ2v) is 6.38. The zero-order valence-corrected chi connectivity index (χ0v) is 14.6. The standard InChI is InChI=1S/C20H23N3O3/c24-19(15-26-18-6-2-1-3-7-18)22-13-16-8-11-23(12-9-16)20(25)17-5-4-10-21-14-17/h1-7,10,14,16H,8-9,11-13,15H2,(H,22,24). The number of carbonyl (C=O) groups excluding carboxylic acids is 2. The molecule has 0 spiro atoms. The van der Waals surface area contributed by atoms with Gasteiger partial charge in [-0.05, 0) is 43.0 Å². The smallest absolute Gasteiger partial charge is 0.257 e. The number of hydrogen-bond donors (Lipinski definition) is 1. The van der Waals surface area contributed by atoms with Gasteiger partial charge in [-0.15, -0.1) is 0 Å². The summed E-state index contributed by atoms with van der Waals surface area (Å²) in [4.78, 5) is 30.2. The minimum atomic E-state index is -0.122. The Morgan fingerprint density at radius 2 is 1.88 bits per heavy atom. The fourth-order valence-corrected chi connectivity index (χ4v) is 2.99. The highest BCUT2D eigenvalue weighted by Crippen LogP contribution is 2.18. The molecule has 2 aromatic rings. The summed E-state index contributed by atoms with van der Waals surface area (Å²) in [5.74, 6) is 0.970. The molecule has 6 nitrogen and oxygen atoms in total. The zero-order valence-electron chi connectivity index (χ0n) is 14.6. The predicted octanol–water partition coefficient (Wildman–Crippen LogP) is 2.13. The van der Waals surface area contributed by atoms with Gasteiger partial charge in [0.15, 0.2) is 6.61 Å². The second kappa shape index (κ2) is 8.99. The highest BCUT2D eigenvalue weighted by atomic mass is 16.5. The summed E-state index contributed by atoms with van der Waals surface area (Å²) in [6.45, 7) is 2.04. The maximum atomic E-state index is 12.4. The van der Waals surface area contributed by atoms with Crippen LogP contribution in [0.3, 0.4) is 0 Å². The van der Waals surface area contributed by atoms with Gasteiger partial charge in [-0.25, -0.2) is 0 Å². The molecule has 2 amide bonds. The van der Waals surface area contributed by atoms with Crippen molar-refractivity contribution in [3.8, 4) is 5.75 Å². The Morgan fingerprint density at radius 1 is 1.12 bits per heavy atom. The number of nitrogens with one attached hydrogen (secondary N) is 1. The largest absolute Gasteiger partial charge is 0.484 e. The lowest BCUT2D eigenvalue weighted by Crippen LogP contribution is -2.42. The number of nitrogens with zero attached hydrogens (tertiary/aromatic N) is 2. The van der Waals surface area contributed by atoms with Crippen LogP contribution in [0.15, 0.2) is 54.9 Å². The average molecular weight is 353 g/mol. The van der Waals surface area contributed by atoms with E-state index >= 15 is 0 Å². The molecular weight excluding hydrogens is 330 g/mol. The van der Waals surface area contributed by atoms with E-state index in [0.29, 0.717) is 36.9 Å². The maximum absolute atomic E-state index is 12.4. The summed E-state index contributed by atoms with van der Waals surface area (Å²) in [6.07, 6.45) is 5.02. The van der Waals surface area contributed by atoms with Gasteiger partial charge in [0.2, 0.25) is 0 Å². The Morgan fingerprint density at radius 3 is 2.58 bits per heavy atom. The molecule has 136 valence electrons. The number of likely N-dealkylation sites (tertiary alicyclic amines) is 1. The lowest BCUT2D eigenvalue weighted by molar-refractivity contribution is -0.123. The van der Waals surface area contributed by atoms with E-state index in [1.807, 2.05) is 35.2 Å². The SMILES string of the molecule is O=C(COc1ccccc1)NCC1CCN(C(=O)c2cccnc2)CC1. The third-order valence-corrected chi connectivity index (χ3v) is 4.51. The fourth-order valence-electron chi connectivity index (χ4n) is 2.99. The number of ether oxygens (including phenoxy) is 1. The maximum Gasteiger partial charge on any atom is 0.257 e. The summed E-state index contributed by atoms with van der Waals surface area (Å²) < 4.78 is 5.43. The van der Waals surface area contributed by atoms with E-state index in [-0.39, 0.29) is 18.4 Å². The van der Waals surface area contributed by atoms with Crippen LogP contribution < -0.4 is 10.1 Å². The Hall–Kier alpha value is -2.89. The highest BCUT2D eigenvalue weighted by Gasteiger charge is 2.24. The minimum Gasteiger partial charge on any atom is -0.484 e. The number of benzene rings is 1. The number of hydrogen-bond acceptors (Lipinski definition) is 4. The Labute approximate surface area is 153 Å². The first-order valence-corrected chi connectivity index (χ1v) is 8.86. The lowest BCUT2D eigenvalue weighted by Gasteiger charge is -2.32. The number of amides is 2. The van der Waals surface area contributed by atoms with Crippen molar-refractivity contribution in [3.63, 3.8) is 0 Å². The molecule has 1 N–H and O–H groups in total. The molecule has 1 aromatic heterocycles. The van der Waals surface area contributed by atoms with Gasteiger partial charge >= 0.3 is 0 Å². The van der Waals surface area contributed by atoms with E-state index in [2.05, 4.69) is 10.3 Å². The van der Waals surface area contributed by atoms with Gasteiger partial charge in [0.25, 0.3) is 11.8 Å². The van der Waals surface area contributed by atoms with E-state index < -0.39 is 0 Å². The minimum absolute atomic E-state index is 0.0162. The summed E-state index contributed by atoms with van der Waals surface area (Å²) >= 11 is 0. The second-order valence-electron chi connectivity index (χ2n) is 6.38. The van der Waals surface area contributed by atoms with Gasteiger partial charge in [0.05, 0.1) is 5.56 Å². The molecule has 3 rings (SSSR count). The third kappa shape index (κ3) is 5.05. The van der Waals surface area contributed by atoms with E-state index in [4.69, 9.17) is 4.74 Å². The van der Waals surface area contributed by atoms with Crippen molar-refractivity contribution < 1.29 is 14.3 Å². The average Bonchev–Trinajstić information content (AvgIpc) is 2.72. The number of aromatic nitrogens is 1. The summed E-state index contributed by atoms with van der Waals surface area (Å²) in [7, 11) is 0.